The molecule has 216 valence electrons. The van der Waals surface area contributed by atoms with Gasteiger partial charge in [0.1, 0.15) is 17.9 Å². The normalized spacial score (nSPS) is 11.1. The van der Waals surface area contributed by atoms with Gasteiger partial charge in [0.2, 0.25) is 0 Å². The Bertz CT molecular complexity index is 1820. The molecule has 0 radical (unpaired) electrons. The van der Waals surface area contributed by atoms with Crippen molar-refractivity contribution in [2.24, 2.45) is 0 Å². The summed E-state index contributed by atoms with van der Waals surface area (Å²) in [5, 5.41) is 33.9. The van der Waals surface area contributed by atoms with E-state index in [4.69, 9.17) is 4.98 Å². The Morgan fingerprint density at radius 2 is 1.16 bits per heavy atom. The van der Waals surface area contributed by atoms with Crippen molar-refractivity contribution < 1.29 is 5.11 Å². The summed E-state index contributed by atoms with van der Waals surface area (Å²) < 4.78 is 0. The first-order valence-electron chi connectivity index (χ1n) is 14.4. The van der Waals surface area contributed by atoms with E-state index in [0.717, 1.165) is 40.3 Å². The number of aromatic hydroxyl groups is 1. The SMILES string of the molecule is CCN(CC)c1ccc(/C=C/c2nc(C#N)c(C#N)nc2C=P(c2ccccc2)(c2ccccc2)c2ccccc2)cc1O. The van der Waals surface area contributed by atoms with E-state index < -0.39 is 6.89 Å². The highest BCUT2D eigenvalue weighted by atomic mass is 31.2. The van der Waals surface area contributed by atoms with Gasteiger partial charge in [-0.3, -0.25) is 0 Å². The number of nitriles is 2. The van der Waals surface area contributed by atoms with Gasteiger partial charge in [-0.1, -0.05) is 103 Å². The molecule has 0 saturated carbocycles. The van der Waals surface area contributed by atoms with Crippen LogP contribution in [-0.4, -0.2) is 34.0 Å². The minimum absolute atomic E-state index is 0.0237. The van der Waals surface area contributed by atoms with Crippen LogP contribution in [0.2, 0.25) is 0 Å². The summed E-state index contributed by atoms with van der Waals surface area (Å²) in [5.41, 5.74) is 2.45. The molecule has 0 saturated heterocycles. The molecule has 4 aromatic carbocycles. The molecular formula is C37H32N5OP. The molecule has 0 spiro atoms. The van der Waals surface area contributed by atoms with Crippen LogP contribution in [0.15, 0.2) is 109 Å². The molecular weight excluding hydrogens is 561 g/mol. The van der Waals surface area contributed by atoms with Crippen molar-refractivity contribution in [3.05, 3.63) is 138 Å². The topological polar surface area (TPSA) is 96.8 Å². The third-order valence-electron chi connectivity index (χ3n) is 7.51. The lowest BCUT2D eigenvalue weighted by Gasteiger charge is -2.28. The predicted octanol–water partition coefficient (Wildman–Crippen LogP) is 6.09. The number of phenols is 1. The summed E-state index contributed by atoms with van der Waals surface area (Å²) in [6.45, 7) is 3.18. The first-order chi connectivity index (χ1) is 21.5. The van der Waals surface area contributed by atoms with Gasteiger partial charge in [0.15, 0.2) is 11.4 Å². The molecule has 0 unspecified atom stereocenters. The molecule has 5 aromatic rings. The fourth-order valence-electron chi connectivity index (χ4n) is 5.33. The minimum Gasteiger partial charge on any atom is -0.506 e. The van der Waals surface area contributed by atoms with Gasteiger partial charge in [-0.15, -0.1) is 0 Å². The Morgan fingerprint density at radius 3 is 1.59 bits per heavy atom. The Morgan fingerprint density at radius 1 is 0.682 bits per heavy atom. The molecule has 7 heteroatoms. The zero-order chi connectivity index (χ0) is 30.9. The van der Waals surface area contributed by atoms with E-state index in [0.29, 0.717) is 11.4 Å². The fourth-order valence-corrected chi connectivity index (χ4v) is 9.16. The monoisotopic (exact) mass is 593 g/mol. The second-order valence-electron chi connectivity index (χ2n) is 10.0. The number of nitrogens with zero attached hydrogens (tertiary/aromatic N) is 5. The Hall–Kier alpha value is -5.42. The zero-order valence-corrected chi connectivity index (χ0v) is 25.6. The third kappa shape index (κ3) is 6.04. The van der Waals surface area contributed by atoms with Gasteiger partial charge in [-0.25, -0.2) is 9.97 Å². The molecule has 0 aliphatic heterocycles. The lowest BCUT2D eigenvalue weighted by molar-refractivity contribution is 0.474. The zero-order valence-electron chi connectivity index (χ0n) is 24.7. The summed E-state index contributed by atoms with van der Waals surface area (Å²) in [5.74, 6) is 2.33. The van der Waals surface area contributed by atoms with Gasteiger partial charge >= 0.3 is 0 Å². The second-order valence-corrected chi connectivity index (χ2v) is 13.3. The lowest BCUT2D eigenvalue weighted by atomic mass is 10.1. The van der Waals surface area contributed by atoms with Crippen LogP contribution in [0.5, 0.6) is 5.75 Å². The van der Waals surface area contributed by atoms with Crippen LogP contribution >= 0.6 is 6.89 Å². The number of hydrogen-bond donors (Lipinski definition) is 1. The highest BCUT2D eigenvalue weighted by Gasteiger charge is 2.26. The molecule has 1 heterocycles. The molecule has 0 fully saturated rings. The Kier molecular flexibility index (Phi) is 9.36. The van der Waals surface area contributed by atoms with E-state index in [2.05, 4.69) is 58.1 Å². The number of rotatable bonds is 9. The van der Waals surface area contributed by atoms with Crippen molar-refractivity contribution in [3.63, 3.8) is 0 Å². The molecule has 0 atom stereocenters. The molecule has 0 bridgehead atoms. The van der Waals surface area contributed by atoms with E-state index in [1.807, 2.05) is 92.7 Å². The van der Waals surface area contributed by atoms with Crippen LogP contribution in [0.3, 0.4) is 0 Å². The van der Waals surface area contributed by atoms with Crippen LogP contribution in [-0.2, 0) is 0 Å². The predicted molar refractivity (Wildman–Crippen MR) is 182 cm³/mol. The van der Waals surface area contributed by atoms with Crippen molar-refractivity contribution in [3.8, 4) is 17.9 Å². The van der Waals surface area contributed by atoms with E-state index in [9.17, 15) is 15.6 Å². The van der Waals surface area contributed by atoms with Gasteiger partial charge in [-0.05, 0) is 66.2 Å². The van der Waals surface area contributed by atoms with Gasteiger partial charge in [0.25, 0.3) is 0 Å². The molecule has 1 aromatic heterocycles. The molecule has 6 nitrogen and oxygen atoms in total. The maximum Gasteiger partial charge on any atom is 0.177 e. The van der Waals surface area contributed by atoms with E-state index >= 15 is 0 Å². The lowest BCUT2D eigenvalue weighted by Crippen LogP contribution is -2.27. The summed E-state index contributed by atoms with van der Waals surface area (Å²) in [4.78, 5) is 11.4. The highest BCUT2D eigenvalue weighted by molar-refractivity contribution is 7.94. The van der Waals surface area contributed by atoms with Gasteiger partial charge in [0, 0.05) is 13.1 Å². The fraction of sp³-hybridized carbons (Fsp3) is 0.108. The van der Waals surface area contributed by atoms with Crippen LogP contribution < -0.4 is 20.8 Å². The Balaban J connectivity index is 1.78. The summed E-state index contributed by atoms with van der Waals surface area (Å²) in [6.07, 6.45) is 3.64. The minimum atomic E-state index is -2.48. The van der Waals surface area contributed by atoms with Crippen molar-refractivity contribution >= 4 is 46.4 Å². The summed E-state index contributed by atoms with van der Waals surface area (Å²) in [7, 11) is 0. The largest absolute Gasteiger partial charge is 0.506 e. The molecule has 0 aliphatic rings. The maximum atomic E-state index is 10.8. The van der Waals surface area contributed by atoms with Crippen molar-refractivity contribution in [2.75, 3.05) is 18.0 Å². The average Bonchev–Trinajstić information content (AvgIpc) is 3.08. The number of hydrogen-bond acceptors (Lipinski definition) is 6. The quantitative estimate of drug-likeness (QED) is 0.208. The number of phenolic OH excluding ortho intramolecular Hbond substituents is 1. The third-order valence-corrected chi connectivity index (χ3v) is 11.5. The van der Waals surface area contributed by atoms with Crippen LogP contribution in [0.4, 0.5) is 5.69 Å². The van der Waals surface area contributed by atoms with Gasteiger partial charge in [-0.2, -0.15) is 10.5 Å². The van der Waals surface area contributed by atoms with Gasteiger partial charge < -0.3 is 10.0 Å². The molecule has 0 aliphatic carbocycles. The molecule has 5 rings (SSSR count). The average molecular weight is 594 g/mol. The standard InChI is InChI=1S/C37H32N5OP/c1-3-42(4-2)36-23-21-28(24-37(36)43)20-22-32-35(41-34(26-39)33(25-38)40-32)27-44(29-14-8-5-9-15-29,30-16-10-6-11-17-30)31-18-12-7-13-19-31/h5-24,27,43H,3-4H2,1-2H3/b22-20+. The first kappa shape index (κ1) is 30.1. The van der Waals surface area contributed by atoms with Crippen molar-refractivity contribution in [1.82, 2.24) is 9.97 Å². The maximum absolute atomic E-state index is 10.8. The molecule has 44 heavy (non-hydrogen) atoms. The number of benzene rings is 4. The van der Waals surface area contributed by atoms with E-state index in [1.54, 1.807) is 12.1 Å². The van der Waals surface area contributed by atoms with Gasteiger partial charge in [0.05, 0.1) is 17.1 Å². The van der Waals surface area contributed by atoms with E-state index in [1.165, 1.54) is 0 Å². The van der Waals surface area contributed by atoms with Crippen LogP contribution in [0.1, 0.15) is 42.2 Å². The number of anilines is 1. The Labute approximate surface area is 258 Å². The van der Waals surface area contributed by atoms with Crippen molar-refractivity contribution in [2.45, 2.75) is 13.8 Å². The molecule has 1 N–H and O–H groups in total. The highest BCUT2D eigenvalue weighted by Crippen LogP contribution is 2.44. The summed E-state index contributed by atoms with van der Waals surface area (Å²) >= 11 is 0. The van der Waals surface area contributed by atoms with E-state index in [-0.39, 0.29) is 17.1 Å². The van der Waals surface area contributed by atoms with Crippen LogP contribution in [0.25, 0.3) is 12.2 Å². The molecule has 0 amide bonds. The smallest absolute Gasteiger partial charge is 0.177 e. The number of aromatic nitrogens is 2. The first-order valence-corrected chi connectivity index (χ1v) is 16.3. The summed E-state index contributed by atoms with van der Waals surface area (Å²) in [6, 6.07) is 40.6. The van der Waals surface area contributed by atoms with Crippen LogP contribution in [0, 0.1) is 22.7 Å². The van der Waals surface area contributed by atoms with Crippen molar-refractivity contribution in [1.29, 1.82) is 10.5 Å². The second kappa shape index (κ2) is 13.7.